The van der Waals surface area contributed by atoms with Crippen molar-refractivity contribution in [3.63, 3.8) is 0 Å². The van der Waals surface area contributed by atoms with Crippen molar-refractivity contribution >= 4 is 15.9 Å². The molecule has 0 spiro atoms. The Balaban J connectivity index is 2.99. The van der Waals surface area contributed by atoms with Gasteiger partial charge in [0.25, 0.3) is 0 Å². The first kappa shape index (κ1) is 15.5. The highest BCUT2D eigenvalue weighted by molar-refractivity contribution is 9.10. The van der Waals surface area contributed by atoms with Crippen LogP contribution in [0.2, 0.25) is 0 Å². The fourth-order valence-electron chi connectivity index (χ4n) is 2.21. The van der Waals surface area contributed by atoms with E-state index in [4.69, 9.17) is 10.5 Å². The molecule has 3 N–H and O–H groups in total. The van der Waals surface area contributed by atoms with Gasteiger partial charge in [0.2, 0.25) is 0 Å². The molecule has 102 valence electrons. The summed E-state index contributed by atoms with van der Waals surface area (Å²) in [5, 5.41) is 9.66. The van der Waals surface area contributed by atoms with Gasteiger partial charge >= 0.3 is 0 Å². The molecule has 0 radical (unpaired) electrons. The summed E-state index contributed by atoms with van der Waals surface area (Å²) in [6.07, 6.45) is 2.69. The second-order valence-electron chi connectivity index (χ2n) is 4.75. The van der Waals surface area contributed by atoms with E-state index in [0.717, 1.165) is 35.0 Å². The van der Waals surface area contributed by atoms with Crippen molar-refractivity contribution in [2.24, 2.45) is 11.1 Å². The third-order valence-electron chi connectivity index (χ3n) is 3.37. The zero-order valence-electron chi connectivity index (χ0n) is 11.1. The molecule has 1 aromatic carbocycles. The Hall–Kier alpha value is -0.580. The molecule has 0 bridgehead atoms. The number of aliphatic hydroxyl groups is 1. The normalized spacial score (nSPS) is 14.3. The lowest BCUT2D eigenvalue weighted by Gasteiger charge is -2.30. The van der Waals surface area contributed by atoms with Gasteiger partial charge in [-0.15, -0.1) is 0 Å². The molecule has 0 heterocycles. The highest BCUT2D eigenvalue weighted by Gasteiger charge is 2.28. The minimum atomic E-state index is -0.233. The maximum atomic E-state index is 9.66. The van der Waals surface area contributed by atoms with Crippen molar-refractivity contribution in [2.45, 2.75) is 26.2 Å². The first-order valence-corrected chi connectivity index (χ1v) is 7.03. The van der Waals surface area contributed by atoms with Crippen LogP contribution < -0.4 is 10.5 Å². The van der Waals surface area contributed by atoms with Crippen molar-refractivity contribution in [3.8, 4) is 5.75 Å². The zero-order valence-corrected chi connectivity index (χ0v) is 12.7. The lowest BCUT2D eigenvalue weighted by atomic mass is 9.78. The molecular weight excluding hydrogens is 294 g/mol. The Labute approximate surface area is 117 Å². The SMILES string of the molecule is CCCC(CN)(CO)Cc1cc(OC)ccc1Br. The molecule has 1 rings (SSSR count). The van der Waals surface area contributed by atoms with Crippen LogP contribution >= 0.6 is 15.9 Å². The van der Waals surface area contributed by atoms with E-state index in [2.05, 4.69) is 22.9 Å². The topological polar surface area (TPSA) is 55.5 Å². The number of hydrogen-bond donors (Lipinski definition) is 2. The number of halogens is 1. The van der Waals surface area contributed by atoms with Gasteiger partial charge in [0.05, 0.1) is 13.7 Å². The fraction of sp³-hybridized carbons (Fsp3) is 0.571. The molecule has 0 saturated heterocycles. The predicted octanol–water partition coefficient (Wildman–Crippen LogP) is 2.74. The van der Waals surface area contributed by atoms with Crippen LogP contribution in [0.4, 0.5) is 0 Å². The van der Waals surface area contributed by atoms with Crippen molar-refractivity contribution in [1.82, 2.24) is 0 Å². The van der Waals surface area contributed by atoms with Gasteiger partial charge in [-0.1, -0.05) is 29.3 Å². The van der Waals surface area contributed by atoms with Gasteiger partial charge in [-0.05, 0) is 36.6 Å². The average Bonchev–Trinajstić information content (AvgIpc) is 2.40. The van der Waals surface area contributed by atoms with E-state index in [1.807, 2.05) is 18.2 Å². The molecule has 0 aromatic heterocycles. The predicted molar refractivity (Wildman–Crippen MR) is 77.9 cm³/mol. The summed E-state index contributed by atoms with van der Waals surface area (Å²) in [5.74, 6) is 0.827. The van der Waals surface area contributed by atoms with Crippen LogP contribution in [-0.4, -0.2) is 25.4 Å². The summed E-state index contributed by atoms with van der Waals surface area (Å²) < 4.78 is 6.27. The molecular formula is C14H22BrNO2. The standard InChI is InChI=1S/C14H22BrNO2/c1-3-6-14(9-16,10-17)8-11-7-12(18-2)4-5-13(11)15/h4-5,7,17H,3,6,8-10,16H2,1-2H3. The Morgan fingerprint density at radius 2 is 2.17 bits per heavy atom. The Morgan fingerprint density at radius 1 is 1.44 bits per heavy atom. The Morgan fingerprint density at radius 3 is 2.67 bits per heavy atom. The molecule has 0 aliphatic carbocycles. The minimum absolute atomic E-state index is 0.112. The van der Waals surface area contributed by atoms with Crippen LogP contribution in [0.5, 0.6) is 5.75 Å². The van der Waals surface area contributed by atoms with Crippen molar-refractivity contribution in [3.05, 3.63) is 28.2 Å². The molecule has 18 heavy (non-hydrogen) atoms. The number of aliphatic hydroxyl groups excluding tert-OH is 1. The van der Waals surface area contributed by atoms with E-state index in [1.165, 1.54) is 0 Å². The van der Waals surface area contributed by atoms with Crippen molar-refractivity contribution in [2.75, 3.05) is 20.3 Å². The monoisotopic (exact) mass is 315 g/mol. The lowest BCUT2D eigenvalue weighted by molar-refractivity contribution is 0.121. The number of methoxy groups -OCH3 is 1. The average molecular weight is 316 g/mol. The molecule has 1 atom stereocenters. The maximum absolute atomic E-state index is 9.66. The van der Waals surface area contributed by atoms with Gasteiger partial charge in [0.1, 0.15) is 5.75 Å². The molecule has 0 saturated carbocycles. The second-order valence-corrected chi connectivity index (χ2v) is 5.60. The van der Waals surface area contributed by atoms with E-state index in [-0.39, 0.29) is 12.0 Å². The van der Waals surface area contributed by atoms with E-state index in [0.29, 0.717) is 6.54 Å². The molecule has 0 aliphatic rings. The van der Waals surface area contributed by atoms with E-state index in [9.17, 15) is 5.11 Å². The molecule has 1 aromatic rings. The molecule has 1 unspecified atom stereocenters. The number of hydrogen-bond acceptors (Lipinski definition) is 3. The van der Waals surface area contributed by atoms with Crippen LogP contribution in [0.15, 0.2) is 22.7 Å². The minimum Gasteiger partial charge on any atom is -0.497 e. The maximum Gasteiger partial charge on any atom is 0.119 e. The van der Waals surface area contributed by atoms with Gasteiger partial charge in [0, 0.05) is 16.4 Å². The summed E-state index contributed by atoms with van der Waals surface area (Å²) >= 11 is 3.54. The summed E-state index contributed by atoms with van der Waals surface area (Å²) in [5.41, 5.74) is 6.76. The molecule has 0 aliphatic heterocycles. The van der Waals surface area contributed by atoms with E-state index in [1.54, 1.807) is 7.11 Å². The summed E-state index contributed by atoms with van der Waals surface area (Å²) in [4.78, 5) is 0. The second kappa shape index (κ2) is 7.12. The third-order valence-corrected chi connectivity index (χ3v) is 4.14. The highest BCUT2D eigenvalue weighted by Crippen LogP contribution is 2.32. The molecule has 0 fully saturated rings. The van der Waals surface area contributed by atoms with Crippen LogP contribution in [0.1, 0.15) is 25.3 Å². The Bertz CT molecular complexity index is 378. The van der Waals surface area contributed by atoms with Crippen LogP contribution in [0, 0.1) is 5.41 Å². The zero-order chi connectivity index (χ0) is 13.6. The first-order valence-electron chi connectivity index (χ1n) is 6.24. The van der Waals surface area contributed by atoms with Gasteiger partial charge in [-0.25, -0.2) is 0 Å². The smallest absolute Gasteiger partial charge is 0.119 e. The highest BCUT2D eigenvalue weighted by atomic mass is 79.9. The number of rotatable bonds is 7. The molecule has 0 amide bonds. The van der Waals surface area contributed by atoms with Crippen molar-refractivity contribution < 1.29 is 9.84 Å². The quantitative estimate of drug-likeness (QED) is 0.813. The molecule has 3 nitrogen and oxygen atoms in total. The van der Waals surface area contributed by atoms with Gasteiger partial charge in [-0.2, -0.15) is 0 Å². The Kier molecular flexibility index (Phi) is 6.12. The van der Waals surface area contributed by atoms with E-state index >= 15 is 0 Å². The lowest BCUT2D eigenvalue weighted by Crippen LogP contribution is -2.36. The largest absolute Gasteiger partial charge is 0.497 e. The summed E-state index contributed by atoms with van der Waals surface area (Å²) in [6.45, 7) is 2.71. The van der Waals surface area contributed by atoms with Crippen molar-refractivity contribution in [1.29, 1.82) is 0 Å². The number of nitrogens with two attached hydrogens (primary N) is 1. The summed E-state index contributed by atoms with van der Waals surface area (Å²) in [6, 6.07) is 5.88. The third kappa shape index (κ3) is 3.70. The fourth-order valence-corrected chi connectivity index (χ4v) is 2.60. The van der Waals surface area contributed by atoms with E-state index < -0.39 is 0 Å². The van der Waals surface area contributed by atoms with Crippen LogP contribution in [0.3, 0.4) is 0 Å². The van der Waals surface area contributed by atoms with Crippen LogP contribution in [-0.2, 0) is 6.42 Å². The number of benzene rings is 1. The number of ether oxygens (including phenoxy) is 1. The molecule has 4 heteroatoms. The van der Waals surface area contributed by atoms with Gasteiger partial charge in [0.15, 0.2) is 0 Å². The van der Waals surface area contributed by atoms with Crippen LogP contribution in [0.25, 0.3) is 0 Å². The van der Waals surface area contributed by atoms with Gasteiger partial charge < -0.3 is 15.6 Å². The summed E-state index contributed by atoms with van der Waals surface area (Å²) in [7, 11) is 1.65. The first-order chi connectivity index (χ1) is 8.60. The van der Waals surface area contributed by atoms with Gasteiger partial charge in [-0.3, -0.25) is 0 Å².